The van der Waals surface area contributed by atoms with Gasteiger partial charge in [0.2, 0.25) is 0 Å². The Labute approximate surface area is 157 Å². The minimum Gasteiger partial charge on any atom is -0.510 e. The maximum atomic E-state index is 10.5. The molecule has 5 heteroatoms. The summed E-state index contributed by atoms with van der Waals surface area (Å²) in [5, 5.41) is 21.9. The Kier molecular flexibility index (Phi) is 3.71. The van der Waals surface area contributed by atoms with Gasteiger partial charge in [-0.15, -0.1) is 11.3 Å². The van der Waals surface area contributed by atoms with Crippen LogP contribution in [0.5, 0.6) is 0 Å². The van der Waals surface area contributed by atoms with Gasteiger partial charge >= 0.3 is 0 Å². The number of hydrogen-bond acceptors (Lipinski definition) is 4. The van der Waals surface area contributed by atoms with Crippen LogP contribution in [0.1, 0.15) is 17.8 Å². The maximum absolute atomic E-state index is 10.5. The maximum Gasteiger partial charge on any atom is 0.135 e. The van der Waals surface area contributed by atoms with Gasteiger partial charge < -0.3 is 10.0 Å². The monoisotopic (exact) mass is 363 g/mol. The van der Waals surface area contributed by atoms with E-state index in [1.807, 2.05) is 40.6 Å². The number of allylic oxidation sites excluding steroid dienone is 2. The molecule has 26 heavy (non-hydrogen) atoms. The lowest BCUT2D eigenvalue weighted by atomic mass is 9.93. The van der Waals surface area contributed by atoms with Gasteiger partial charge in [0.05, 0.1) is 17.8 Å². The molecule has 5 rings (SSSR count). The lowest BCUT2D eigenvalue weighted by Gasteiger charge is -2.26. The molecule has 1 saturated carbocycles. The van der Waals surface area contributed by atoms with E-state index < -0.39 is 0 Å². The summed E-state index contributed by atoms with van der Waals surface area (Å²) >= 11 is 1.50. The first-order valence-electron chi connectivity index (χ1n) is 9.14. The van der Waals surface area contributed by atoms with E-state index in [-0.39, 0.29) is 5.76 Å². The highest BCUT2D eigenvalue weighted by atomic mass is 32.1. The minimum atomic E-state index is 0.280. The van der Waals surface area contributed by atoms with Crippen molar-refractivity contribution in [2.45, 2.75) is 12.8 Å². The first-order chi connectivity index (χ1) is 12.7. The Morgan fingerprint density at radius 3 is 2.77 bits per heavy atom. The molecule has 2 heterocycles. The summed E-state index contributed by atoms with van der Waals surface area (Å²) < 4.78 is 0. The van der Waals surface area contributed by atoms with Crippen molar-refractivity contribution < 1.29 is 5.11 Å². The van der Waals surface area contributed by atoms with Crippen LogP contribution in [0.15, 0.2) is 53.6 Å². The summed E-state index contributed by atoms with van der Waals surface area (Å²) in [4.78, 5) is 6.71. The highest BCUT2D eigenvalue weighted by Gasteiger charge is 2.39. The van der Waals surface area contributed by atoms with Crippen molar-refractivity contribution in [3.63, 3.8) is 0 Å². The van der Waals surface area contributed by atoms with Crippen LogP contribution in [0.2, 0.25) is 0 Å². The quantitative estimate of drug-likeness (QED) is 0.782. The number of hydrogen-bond donors (Lipinski definition) is 2. The summed E-state index contributed by atoms with van der Waals surface area (Å²) in [6.07, 6.45) is 7.18. The van der Waals surface area contributed by atoms with Crippen LogP contribution in [-0.2, 0) is 0 Å². The molecule has 1 fully saturated rings. The molecular formula is C21H21N3OS. The Morgan fingerprint density at radius 2 is 2.04 bits per heavy atom. The van der Waals surface area contributed by atoms with Crippen LogP contribution in [0.3, 0.4) is 0 Å². The molecule has 2 aliphatic carbocycles. The number of thiazole rings is 1. The molecule has 0 radical (unpaired) electrons. The largest absolute Gasteiger partial charge is 0.510 e. The minimum absolute atomic E-state index is 0.280. The van der Waals surface area contributed by atoms with Crippen molar-refractivity contribution in [1.82, 2.24) is 9.88 Å². The molecule has 4 nitrogen and oxygen atoms in total. The van der Waals surface area contributed by atoms with E-state index in [0.29, 0.717) is 29.8 Å². The summed E-state index contributed by atoms with van der Waals surface area (Å²) in [5.74, 6) is 2.69. The number of amidine groups is 1. The highest BCUT2D eigenvalue weighted by Crippen LogP contribution is 2.44. The van der Waals surface area contributed by atoms with Crippen molar-refractivity contribution >= 4 is 22.7 Å². The third-order valence-corrected chi connectivity index (χ3v) is 6.70. The predicted molar refractivity (Wildman–Crippen MR) is 105 cm³/mol. The molecule has 3 atom stereocenters. The summed E-state index contributed by atoms with van der Waals surface area (Å²) in [6, 6.07) is 10.0. The molecule has 1 aliphatic heterocycles. The number of aromatic nitrogens is 1. The number of nitrogens with one attached hydrogen (secondary N) is 1. The van der Waals surface area contributed by atoms with E-state index in [4.69, 9.17) is 5.41 Å². The SMILES string of the molecule is N=C1C(c2nc(-c3ccccc3)cs2)=C(O)CN1C[C@@H]1C[C@H]2C=C[C@H]1C2. The van der Waals surface area contributed by atoms with Crippen molar-refractivity contribution in [3.05, 3.63) is 58.6 Å². The molecule has 0 amide bonds. The van der Waals surface area contributed by atoms with Gasteiger partial charge in [-0.05, 0) is 30.6 Å². The summed E-state index contributed by atoms with van der Waals surface area (Å²) in [5.41, 5.74) is 2.57. The van der Waals surface area contributed by atoms with Crippen LogP contribution in [0.4, 0.5) is 0 Å². The van der Waals surface area contributed by atoms with Crippen LogP contribution in [0.25, 0.3) is 16.8 Å². The van der Waals surface area contributed by atoms with Gasteiger partial charge in [-0.25, -0.2) is 4.98 Å². The molecule has 1 aromatic carbocycles. The number of fused-ring (bicyclic) bond motifs is 2. The molecule has 2 N–H and O–H groups in total. The van der Waals surface area contributed by atoms with Gasteiger partial charge in [0, 0.05) is 17.5 Å². The first kappa shape index (κ1) is 15.8. The standard InChI is InChI=1S/C21H21N3OS/c22-20-19(21-23-17(12-26-21)14-4-2-1-3-5-14)18(25)11-24(20)10-16-9-13-6-7-15(16)8-13/h1-7,12-13,15-16,22,25H,8-11H2/t13-,15-,16-/m0/s1. The van der Waals surface area contributed by atoms with Crippen LogP contribution >= 0.6 is 11.3 Å². The van der Waals surface area contributed by atoms with E-state index in [1.165, 1.54) is 24.2 Å². The highest BCUT2D eigenvalue weighted by molar-refractivity contribution is 7.11. The predicted octanol–water partition coefficient (Wildman–Crippen LogP) is 4.58. The number of nitrogens with zero attached hydrogens (tertiary/aromatic N) is 2. The van der Waals surface area contributed by atoms with E-state index in [1.54, 1.807) is 0 Å². The Bertz CT molecular complexity index is 914. The van der Waals surface area contributed by atoms with Gasteiger partial charge in [0.15, 0.2) is 0 Å². The number of rotatable bonds is 4. The fourth-order valence-electron chi connectivity index (χ4n) is 4.53. The molecule has 0 unspecified atom stereocenters. The normalized spacial score (nSPS) is 27.2. The summed E-state index contributed by atoms with van der Waals surface area (Å²) in [7, 11) is 0. The fraction of sp³-hybridized carbons (Fsp3) is 0.333. The molecule has 1 aromatic heterocycles. The molecule has 2 bridgehead atoms. The van der Waals surface area contributed by atoms with E-state index >= 15 is 0 Å². The second kappa shape index (κ2) is 6.09. The lowest BCUT2D eigenvalue weighted by Crippen LogP contribution is -2.33. The third-order valence-electron chi connectivity index (χ3n) is 5.84. The van der Waals surface area contributed by atoms with Crippen LogP contribution < -0.4 is 0 Å². The molecular weight excluding hydrogens is 342 g/mol. The zero-order valence-electron chi connectivity index (χ0n) is 14.4. The van der Waals surface area contributed by atoms with E-state index in [0.717, 1.165) is 28.7 Å². The number of benzene rings is 1. The van der Waals surface area contributed by atoms with Gasteiger partial charge in [0.25, 0.3) is 0 Å². The average molecular weight is 363 g/mol. The van der Waals surface area contributed by atoms with Gasteiger partial charge in [0.1, 0.15) is 16.6 Å². The van der Waals surface area contributed by atoms with E-state index in [2.05, 4.69) is 17.1 Å². The van der Waals surface area contributed by atoms with Gasteiger partial charge in [-0.3, -0.25) is 5.41 Å². The molecule has 2 aromatic rings. The first-order valence-corrected chi connectivity index (χ1v) is 10.0. The average Bonchev–Trinajstić information content (AvgIpc) is 3.42. The molecule has 3 aliphatic rings. The second-order valence-electron chi connectivity index (χ2n) is 7.50. The van der Waals surface area contributed by atoms with E-state index in [9.17, 15) is 5.11 Å². The lowest BCUT2D eigenvalue weighted by molar-refractivity contribution is 0.294. The van der Waals surface area contributed by atoms with Crippen molar-refractivity contribution in [2.24, 2.45) is 17.8 Å². The smallest absolute Gasteiger partial charge is 0.135 e. The number of aliphatic hydroxyl groups excluding tert-OH is 1. The Morgan fingerprint density at radius 1 is 1.19 bits per heavy atom. The van der Waals surface area contributed by atoms with Gasteiger partial charge in [-0.1, -0.05) is 42.5 Å². The topological polar surface area (TPSA) is 60.2 Å². The zero-order valence-corrected chi connectivity index (χ0v) is 15.2. The summed E-state index contributed by atoms with van der Waals surface area (Å²) in [6.45, 7) is 1.29. The fourth-order valence-corrected chi connectivity index (χ4v) is 5.43. The van der Waals surface area contributed by atoms with Crippen molar-refractivity contribution in [3.8, 4) is 11.3 Å². The van der Waals surface area contributed by atoms with Crippen molar-refractivity contribution in [1.29, 1.82) is 5.41 Å². The zero-order chi connectivity index (χ0) is 17.7. The van der Waals surface area contributed by atoms with Gasteiger partial charge in [-0.2, -0.15) is 0 Å². The third kappa shape index (κ3) is 2.58. The number of aliphatic hydroxyl groups is 1. The van der Waals surface area contributed by atoms with Crippen molar-refractivity contribution in [2.75, 3.05) is 13.1 Å². The van der Waals surface area contributed by atoms with Crippen LogP contribution in [-0.4, -0.2) is 33.9 Å². The van der Waals surface area contributed by atoms with Crippen LogP contribution in [0, 0.1) is 23.2 Å². The Hall–Kier alpha value is -2.40. The second-order valence-corrected chi connectivity index (χ2v) is 8.35. The molecule has 0 spiro atoms. The molecule has 0 saturated heterocycles. The molecule has 132 valence electrons. The Balaban J connectivity index is 1.35.